The molecule has 0 saturated heterocycles. The number of carbonyl (C=O) groups is 1. The first-order chi connectivity index (χ1) is 14.6. The third-order valence-corrected chi connectivity index (χ3v) is 6.19. The second-order valence-electron chi connectivity index (χ2n) is 7.25. The number of para-hydroxylation sites is 1. The summed E-state index contributed by atoms with van der Waals surface area (Å²) < 4.78 is 41.5. The quantitative estimate of drug-likeness (QED) is 0.396. The van der Waals surface area contributed by atoms with Gasteiger partial charge in [0.2, 0.25) is 5.91 Å². The molecule has 4 rings (SSSR count). The minimum absolute atomic E-state index is 0.0236. The number of nitrogens with one attached hydrogen (secondary N) is 1. The third-order valence-electron chi connectivity index (χ3n) is 4.88. The molecule has 1 saturated carbocycles. The van der Waals surface area contributed by atoms with Crippen molar-refractivity contribution in [1.82, 2.24) is 9.55 Å². The molecule has 1 unspecified atom stereocenters. The number of fused-ring (bicyclic) bond motifs is 1. The van der Waals surface area contributed by atoms with Crippen LogP contribution < -0.4 is 10.9 Å². The zero-order chi connectivity index (χ0) is 22.3. The van der Waals surface area contributed by atoms with Crippen LogP contribution in [0.1, 0.15) is 31.4 Å². The smallest absolute Gasteiger partial charge is 0.325 e. The van der Waals surface area contributed by atoms with Crippen LogP contribution in [-0.4, -0.2) is 20.7 Å². The van der Waals surface area contributed by atoms with Crippen LogP contribution in [0, 0.1) is 0 Å². The van der Waals surface area contributed by atoms with Crippen LogP contribution in [0.4, 0.5) is 18.9 Å². The van der Waals surface area contributed by atoms with E-state index in [1.165, 1.54) is 6.07 Å². The van der Waals surface area contributed by atoms with Crippen molar-refractivity contribution < 1.29 is 18.0 Å². The summed E-state index contributed by atoms with van der Waals surface area (Å²) in [5.41, 5.74) is -1.07. The molecule has 162 valence electrons. The summed E-state index contributed by atoms with van der Waals surface area (Å²) >= 11 is 6.73. The summed E-state index contributed by atoms with van der Waals surface area (Å²) in [5, 5.41) is 2.32. The molecule has 1 N–H and O–H groups in total. The molecule has 0 spiro atoms. The molecule has 1 fully saturated rings. The number of nitrogens with zero attached hydrogens (tertiary/aromatic N) is 2. The highest BCUT2D eigenvalue weighted by molar-refractivity contribution is 8.00. The van der Waals surface area contributed by atoms with Crippen molar-refractivity contribution >= 4 is 45.9 Å². The number of aromatic nitrogens is 2. The van der Waals surface area contributed by atoms with Gasteiger partial charge >= 0.3 is 6.18 Å². The Morgan fingerprint density at radius 2 is 1.97 bits per heavy atom. The minimum Gasteiger partial charge on any atom is -0.325 e. The van der Waals surface area contributed by atoms with Crippen molar-refractivity contribution in [2.24, 2.45) is 0 Å². The average molecular weight is 468 g/mol. The fourth-order valence-electron chi connectivity index (χ4n) is 3.17. The number of carbonyl (C=O) groups excluding carboxylic acids is 1. The molecule has 1 aromatic heterocycles. The monoisotopic (exact) mass is 467 g/mol. The summed E-state index contributed by atoms with van der Waals surface area (Å²) in [6.45, 7) is 1.56. The van der Waals surface area contributed by atoms with Crippen LogP contribution in [-0.2, 0) is 11.0 Å². The van der Waals surface area contributed by atoms with Gasteiger partial charge in [0.1, 0.15) is 0 Å². The van der Waals surface area contributed by atoms with Gasteiger partial charge in [-0.1, -0.05) is 35.5 Å². The van der Waals surface area contributed by atoms with Crippen LogP contribution in [0.15, 0.2) is 52.4 Å². The molecule has 1 heterocycles. The van der Waals surface area contributed by atoms with Crippen LogP contribution in [0.5, 0.6) is 0 Å². The lowest BCUT2D eigenvalue weighted by molar-refractivity contribution is -0.137. The normalized spacial score (nSPS) is 15.1. The molecule has 1 amide bonds. The number of thioether (sulfide) groups is 1. The maximum atomic E-state index is 13.3. The van der Waals surface area contributed by atoms with Crippen LogP contribution >= 0.6 is 23.4 Å². The van der Waals surface area contributed by atoms with Crippen LogP contribution in [0.2, 0.25) is 5.02 Å². The van der Waals surface area contributed by atoms with Gasteiger partial charge in [-0.15, -0.1) is 0 Å². The van der Waals surface area contributed by atoms with Gasteiger partial charge in [-0.2, -0.15) is 13.2 Å². The SMILES string of the molecule is CC(Sc1nc2ccccc2c(=O)n1C1CC1)C(=O)Nc1ccc(Cl)cc1C(F)(F)F. The maximum Gasteiger partial charge on any atom is 0.418 e. The van der Waals surface area contributed by atoms with E-state index in [0.717, 1.165) is 36.7 Å². The highest BCUT2D eigenvalue weighted by Gasteiger charge is 2.35. The third kappa shape index (κ3) is 4.57. The number of rotatable bonds is 5. The molecule has 1 aliphatic rings. The number of benzene rings is 2. The van der Waals surface area contributed by atoms with E-state index in [1.54, 1.807) is 35.8 Å². The number of amides is 1. The lowest BCUT2D eigenvalue weighted by Crippen LogP contribution is -2.27. The minimum atomic E-state index is -4.67. The van der Waals surface area contributed by atoms with Crippen molar-refractivity contribution in [2.45, 2.75) is 42.4 Å². The van der Waals surface area contributed by atoms with E-state index < -0.39 is 22.9 Å². The summed E-state index contributed by atoms with van der Waals surface area (Å²) in [7, 11) is 0. The fourth-order valence-corrected chi connectivity index (χ4v) is 4.32. The summed E-state index contributed by atoms with van der Waals surface area (Å²) in [5.74, 6) is -0.637. The molecular weight excluding hydrogens is 451 g/mol. The molecule has 0 bridgehead atoms. The molecule has 0 aliphatic heterocycles. The van der Waals surface area contributed by atoms with Gasteiger partial charge in [-0.3, -0.25) is 14.2 Å². The fraction of sp³-hybridized carbons (Fsp3) is 0.286. The average Bonchev–Trinajstić information content (AvgIpc) is 3.53. The Kier molecular flexibility index (Phi) is 5.74. The predicted octanol–water partition coefficient (Wildman–Crippen LogP) is 5.52. The molecule has 1 atom stereocenters. The Hall–Kier alpha value is -2.52. The summed E-state index contributed by atoms with van der Waals surface area (Å²) in [6.07, 6.45) is -2.99. The summed E-state index contributed by atoms with van der Waals surface area (Å²) in [6, 6.07) is 10.1. The topological polar surface area (TPSA) is 64.0 Å². The lowest BCUT2D eigenvalue weighted by Gasteiger charge is -2.18. The van der Waals surface area contributed by atoms with Crippen molar-refractivity contribution in [2.75, 3.05) is 5.32 Å². The Bertz CT molecular complexity index is 1220. The van der Waals surface area contributed by atoms with Gasteiger partial charge in [0, 0.05) is 11.1 Å². The van der Waals surface area contributed by atoms with Crippen molar-refractivity contribution in [3.8, 4) is 0 Å². The summed E-state index contributed by atoms with van der Waals surface area (Å²) in [4.78, 5) is 30.2. The first kappa shape index (κ1) is 21.7. The molecule has 2 aromatic carbocycles. The molecule has 3 aromatic rings. The Balaban J connectivity index is 1.62. The molecule has 31 heavy (non-hydrogen) atoms. The number of halogens is 4. The van der Waals surface area contributed by atoms with Gasteiger partial charge < -0.3 is 5.32 Å². The van der Waals surface area contributed by atoms with Crippen LogP contribution in [0.25, 0.3) is 10.9 Å². The second-order valence-corrected chi connectivity index (χ2v) is 9.00. The Morgan fingerprint density at radius 1 is 1.26 bits per heavy atom. The van der Waals surface area contributed by atoms with E-state index in [-0.39, 0.29) is 22.3 Å². The van der Waals surface area contributed by atoms with Gasteiger partial charge in [0.15, 0.2) is 5.16 Å². The van der Waals surface area contributed by atoms with E-state index in [2.05, 4.69) is 10.3 Å². The van der Waals surface area contributed by atoms with Gasteiger partial charge in [0.05, 0.1) is 27.4 Å². The van der Waals surface area contributed by atoms with Crippen molar-refractivity contribution in [3.05, 3.63) is 63.4 Å². The first-order valence-electron chi connectivity index (χ1n) is 9.50. The highest BCUT2D eigenvalue weighted by atomic mass is 35.5. The molecule has 5 nitrogen and oxygen atoms in total. The van der Waals surface area contributed by atoms with Crippen molar-refractivity contribution in [1.29, 1.82) is 0 Å². The number of alkyl halides is 3. The highest BCUT2D eigenvalue weighted by Crippen LogP contribution is 2.39. The molecular formula is C21H17ClF3N3O2S. The zero-order valence-corrected chi connectivity index (χ0v) is 17.8. The molecule has 10 heteroatoms. The van der Waals surface area contributed by atoms with E-state index in [0.29, 0.717) is 16.1 Å². The maximum absolute atomic E-state index is 13.3. The number of anilines is 1. The van der Waals surface area contributed by atoms with E-state index in [9.17, 15) is 22.8 Å². The zero-order valence-electron chi connectivity index (χ0n) is 16.2. The number of hydrogen-bond acceptors (Lipinski definition) is 4. The second kappa shape index (κ2) is 8.20. The van der Waals surface area contributed by atoms with E-state index >= 15 is 0 Å². The first-order valence-corrected chi connectivity index (χ1v) is 10.8. The van der Waals surface area contributed by atoms with Crippen LogP contribution in [0.3, 0.4) is 0 Å². The molecule has 1 aliphatic carbocycles. The Morgan fingerprint density at radius 3 is 2.65 bits per heavy atom. The van der Waals surface area contributed by atoms with E-state index in [4.69, 9.17) is 11.6 Å². The Labute approximate surface area is 184 Å². The van der Waals surface area contributed by atoms with Gasteiger partial charge in [-0.25, -0.2) is 4.98 Å². The largest absolute Gasteiger partial charge is 0.418 e. The number of hydrogen-bond donors (Lipinski definition) is 1. The predicted molar refractivity (Wildman–Crippen MR) is 115 cm³/mol. The van der Waals surface area contributed by atoms with Gasteiger partial charge in [0.25, 0.3) is 5.56 Å². The lowest BCUT2D eigenvalue weighted by atomic mass is 10.1. The molecule has 0 radical (unpaired) electrons. The van der Waals surface area contributed by atoms with Crippen molar-refractivity contribution in [3.63, 3.8) is 0 Å². The standard InChI is InChI=1S/C21H17ClF3N3O2S/c1-11(18(29)26-17-9-6-12(22)10-15(17)21(23,24)25)31-20-27-16-5-3-2-4-14(16)19(30)28(20)13-7-8-13/h2-6,9-11,13H,7-8H2,1H3,(H,26,29). The van der Waals surface area contributed by atoms with Gasteiger partial charge in [-0.05, 0) is 50.1 Å². The van der Waals surface area contributed by atoms with E-state index in [1.807, 2.05) is 0 Å².